The molecule has 0 saturated carbocycles. The molecule has 1 amide bonds. The molecule has 1 aliphatic heterocycles. The molecule has 0 spiro atoms. The van der Waals surface area contributed by atoms with Crippen molar-refractivity contribution in [2.45, 2.75) is 70.3 Å². The highest BCUT2D eigenvalue weighted by molar-refractivity contribution is 5.77. The fourth-order valence-electron chi connectivity index (χ4n) is 6.03. The van der Waals surface area contributed by atoms with Crippen molar-refractivity contribution in [2.75, 3.05) is 0 Å². The van der Waals surface area contributed by atoms with E-state index in [9.17, 15) is 14.7 Å². The number of hydrogen-bond donors (Lipinski definition) is 3. The Morgan fingerprint density at radius 2 is 1.57 bits per heavy atom. The maximum Gasteiger partial charge on any atom is 0.303 e. The molecule has 242 valence electrons. The van der Waals surface area contributed by atoms with E-state index in [2.05, 4.69) is 20.9 Å². The zero-order chi connectivity index (χ0) is 32.6. The van der Waals surface area contributed by atoms with E-state index in [1.165, 1.54) is 0 Å². The molecule has 1 aromatic heterocycles. The van der Waals surface area contributed by atoms with E-state index in [-0.39, 0.29) is 31.1 Å². The van der Waals surface area contributed by atoms with Crippen LogP contribution in [0.5, 0.6) is 0 Å². The van der Waals surface area contributed by atoms with Crippen LogP contribution in [-0.4, -0.2) is 37.7 Å². The maximum atomic E-state index is 12.4. The van der Waals surface area contributed by atoms with Crippen LogP contribution in [0.25, 0.3) is 22.2 Å². The van der Waals surface area contributed by atoms with Gasteiger partial charge >= 0.3 is 5.97 Å². The molecule has 1 aliphatic rings. The summed E-state index contributed by atoms with van der Waals surface area (Å²) >= 11 is 0. The molecule has 1 saturated heterocycles. The highest BCUT2D eigenvalue weighted by Crippen LogP contribution is 2.39. The first kappa shape index (κ1) is 32.1. The summed E-state index contributed by atoms with van der Waals surface area (Å²) in [5.41, 5.74) is 7.80. The fourth-order valence-corrected chi connectivity index (χ4v) is 6.03. The lowest BCUT2D eigenvalue weighted by atomic mass is 9.97. The molecule has 0 bridgehead atoms. The van der Waals surface area contributed by atoms with Gasteiger partial charge in [0.15, 0.2) is 6.29 Å². The summed E-state index contributed by atoms with van der Waals surface area (Å²) in [7, 11) is 0. The zero-order valence-corrected chi connectivity index (χ0v) is 26.1. The van der Waals surface area contributed by atoms with Crippen molar-refractivity contribution < 1.29 is 29.3 Å². The van der Waals surface area contributed by atoms with Crippen molar-refractivity contribution in [3.8, 4) is 11.1 Å². The van der Waals surface area contributed by atoms with Crippen LogP contribution < -0.4 is 5.32 Å². The molecule has 0 radical (unpaired) electrons. The Hall–Kier alpha value is -4.83. The van der Waals surface area contributed by atoms with E-state index < -0.39 is 12.3 Å². The van der Waals surface area contributed by atoms with Gasteiger partial charge in [0.25, 0.3) is 0 Å². The monoisotopic (exact) mass is 633 g/mol. The Morgan fingerprint density at radius 1 is 0.851 bits per heavy atom. The number of carbonyl (C=O) groups is 2. The van der Waals surface area contributed by atoms with Gasteiger partial charge in [0, 0.05) is 31.4 Å². The number of carbonyl (C=O) groups excluding carboxylic acids is 1. The van der Waals surface area contributed by atoms with Gasteiger partial charge in [-0.2, -0.15) is 0 Å². The first-order chi connectivity index (χ1) is 23.0. The quantitative estimate of drug-likeness (QED) is 0.123. The molecule has 1 fully saturated rings. The van der Waals surface area contributed by atoms with Crippen molar-refractivity contribution in [2.24, 2.45) is 0 Å². The molecule has 9 nitrogen and oxygen atoms in total. The summed E-state index contributed by atoms with van der Waals surface area (Å²) in [4.78, 5) is 27.7. The molecular weight excluding hydrogens is 594 g/mol. The summed E-state index contributed by atoms with van der Waals surface area (Å²) < 4.78 is 15.3. The van der Waals surface area contributed by atoms with Gasteiger partial charge in [0.2, 0.25) is 5.91 Å². The van der Waals surface area contributed by atoms with Gasteiger partial charge in [-0.3, -0.25) is 9.59 Å². The van der Waals surface area contributed by atoms with Crippen LogP contribution in [0.1, 0.15) is 66.8 Å². The van der Waals surface area contributed by atoms with Crippen molar-refractivity contribution in [1.29, 1.82) is 0 Å². The Labute approximate surface area is 273 Å². The van der Waals surface area contributed by atoms with Gasteiger partial charge in [0.05, 0.1) is 42.7 Å². The Kier molecular flexibility index (Phi) is 10.4. The van der Waals surface area contributed by atoms with Gasteiger partial charge in [-0.1, -0.05) is 84.9 Å². The molecule has 4 aromatic carbocycles. The number of unbranched alkanes of at least 4 members (excludes halogenated alkanes) is 1. The SMILES string of the molecule is O=C(O)CCCCC(=O)NCc1ccccc1-c1ccc([C@H]2O[C@@H](Cn3cnc4ccccc43)C[C@@H](c3ccc(CO)cc3)O2)cc1. The summed E-state index contributed by atoms with van der Waals surface area (Å²) in [5, 5.41) is 21.3. The number of aromatic nitrogens is 2. The van der Waals surface area contributed by atoms with Gasteiger partial charge in [-0.05, 0) is 52.8 Å². The number of rotatable bonds is 13. The van der Waals surface area contributed by atoms with E-state index in [0.29, 0.717) is 38.8 Å². The van der Waals surface area contributed by atoms with Crippen molar-refractivity contribution in [3.63, 3.8) is 0 Å². The van der Waals surface area contributed by atoms with Gasteiger partial charge in [-0.25, -0.2) is 4.98 Å². The highest BCUT2D eigenvalue weighted by Gasteiger charge is 2.32. The molecule has 0 unspecified atom stereocenters. The van der Waals surface area contributed by atoms with Gasteiger partial charge in [-0.15, -0.1) is 0 Å². The topological polar surface area (TPSA) is 123 Å². The van der Waals surface area contributed by atoms with E-state index >= 15 is 0 Å². The molecular formula is C38H39N3O6. The summed E-state index contributed by atoms with van der Waals surface area (Å²) in [5.74, 6) is -0.936. The Morgan fingerprint density at radius 3 is 2.36 bits per heavy atom. The number of nitrogens with zero attached hydrogens (tertiary/aromatic N) is 2. The molecule has 3 N–H and O–H groups in total. The van der Waals surface area contributed by atoms with E-state index in [0.717, 1.165) is 44.4 Å². The molecule has 47 heavy (non-hydrogen) atoms. The predicted octanol–water partition coefficient (Wildman–Crippen LogP) is 6.70. The standard InChI is InChI=1S/C38H39N3O6/c42-24-26-13-15-28(16-14-26)35-21-31(23-41-25-40-33-9-3-4-10-34(33)41)46-38(47-35)29-19-17-27(18-20-29)32-8-2-1-7-30(32)22-39-36(43)11-5-6-12-37(44)45/h1-4,7-10,13-20,25,31,35,38,42H,5-6,11-12,21-24H2,(H,39,43)(H,44,45)/t31-,35+,38+/m1/s1. The fraction of sp³-hybridized carbons (Fsp3) is 0.289. The maximum absolute atomic E-state index is 12.4. The summed E-state index contributed by atoms with van der Waals surface area (Å²) in [6, 6.07) is 32.1. The number of imidazole rings is 1. The third kappa shape index (κ3) is 8.13. The lowest BCUT2D eigenvalue weighted by Gasteiger charge is -2.36. The van der Waals surface area contributed by atoms with Gasteiger partial charge in [0.1, 0.15) is 0 Å². The van der Waals surface area contributed by atoms with E-state index in [1.54, 1.807) is 0 Å². The molecule has 9 heteroatoms. The minimum Gasteiger partial charge on any atom is -0.481 e. The first-order valence-corrected chi connectivity index (χ1v) is 16.0. The molecule has 0 aliphatic carbocycles. The number of fused-ring (bicyclic) bond motifs is 1. The highest BCUT2D eigenvalue weighted by atomic mass is 16.7. The second kappa shape index (κ2) is 15.2. The van der Waals surface area contributed by atoms with Gasteiger partial charge < -0.3 is 29.6 Å². The third-order valence-electron chi connectivity index (χ3n) is 8.57. The number of amides is 1. The number of aliphatic hydroxyl groups is 1. The number of benzene rings is 4. The average Bonchev–Trinajstić information content (AvgIpc) is 3.51. The summed E-state index contributed by atoms with van der Waals surface area (Å²) in [6.45, 7) is 0.999. The second-order valence-electron chi connectivity index (χ2n) is 11.9. The largest absolute Gasteiger partial charge is 0.481 e. The van der Waals surface area contributed by atoms with Crippen molar-refractivity contribution in [1.82, 2.24) is 14.9 Å². The molecule has 3 atom stereocenters. The van der Waals surface area contributed by atoms with Crippen LogP contribution in [0.2, 0.25) is 0 Å². The number of carboxylic acids is 1. The number of aliphatic hydroxyl groups excluding tert-OH is 1. The lowest BCUT2D eigenvalue weighted by molar-refractivity contribution is -0.252. The predicted molar refractivity (Wildman–Crippen MR) is 178 cm³/mol. The van der Waals surface area contributed by atoms with Crippen molar-refractivity contribution >= 4 is 22.9 Å². The zero-order valence-electron chi connectivity index (χ0n) is 26.1. The summed E-state index contributed by atoms with van der Waals surface area (Å²) in [6.07, 6.45) is 3.00. The Bertz CT molecular complexity index is 1800. The number of para-hydroxylation sites is 2. The van der Waals surface area contributed by atoms with Crippen LogP contribution in [0.4, 0.5) is 0 Å². The number of nitrogens with one attached hydrogen (secondary N) is 1. The number of hydrogen-bond acceptors (Lipinski definition) is 6. The minimum atomic E-state index is -0.844. The minimum absolute atomic E-state index is 0.00961. The first-order valence-electron chi connectivity index (χ1n) is 16.0. The van der Waals surface area contributed by atoms with E-state index in [4.69, 9.17) is 14.6 Å². The number of ether oxygens (including phenoxy) is 2. The molecule has 2 heterocycles. The average molecular weight is 634 g/mol. The van der Waals surface area contributed by atoms with Crippen LogP contribution >= 0.6 is 0 Å². The lowest BCUT2D eigenvalue weighted by Crippen LogP contribution is -2.32. The normalized spacial score (nSPS) is 17.9. The van der Waals surface area contributed by atoms with Crippen LogP contribution in [0.3, 0.4) is 0 Å². The third-order valence-corrected chi connectivity index (χ3v) is 8.57. The van der Waals surface area contributed by atoms with Crippen molar-refractivity contribution in [3.05, 3.63) is 126 Å². The smallest absolute Gasteiger partial charge is 0.303 e. The second-order valence-corrected chi connectivity index (χ2v) is 11.9. The Balaban J connectivity index is 1.17. The van der Waals surface area contributed by atoms with Crippen LogP contribution in [-0.2, 0) is 38.8 Å². The van der Waals surface area contributed by atoms with Crippen LogP contribution in [0.15, 0.2) is 103 Å². The number of aliphatic carboxylic acids is 1. The molecule has 6 rings (SSSR count). The molecule has 5 aromatic rings. The van der Waals surface area contributed by atoms with Crippen LogP contribution in [0, 0.1) is 0 Å². The number of carboxylic acid groups (broad SMARTS) is 1. The van der Waals surface area contributed by atoms with E-state index in [1.807, 2.05) is 97.3 Å².